The molecule has 0 aliphatic carbocycles. The summed E-state index contributed by atoms with van der Waals surface area (Å²) < 4.78 is 0. The Morgan fingerprint density at radius 1 is 1.27 bits per heavy atom. The van der Waals surface area contributed by atoms with E-state index in [-0.39, 0.29) is 11.3 Å². The molecule has 1 saturated heterocycles. The molecule has 0 spiro atoms. The molecule has 0 bridgehead atoms. The van der Waals surface area contributed by atoms with E-state index in [9.17, 15) is 4.79 Å². The number of halogens is 1. The van der Waals surface area contributed by atoms with E-state index in [4.69, 9.17) is 11.6 Å². The van der Waals surface area contributed by atoms with Crippen LogP contribution in [0.5, 0.6) is 0 Å². The van der Waals surface area contributed by atoms with Gasteiger partial charge in [0.2, 0.25) is 5.91 Å². The number of unbranched alkanes of at least 4 members (excludes halogenated alkanes) is 3. The lowest BCUT2D eigenvalue weighted by Crippen LogP contribution is -2.34. The van der Waals surface area contributed by atoms with Crippen LogP contribution in [-0.4, -0.2) is 29.3 Å². The van der Waals surface area contributed by atoms with E-state index >= 15 is 0 Å². The highest BCUT2D eigenvalue weighted by Crippen LogP contribution is 2.16. The molecule has 1 unspecified atom stereocenters. The van der Waals surface area contributed by atoms with Crippen LogP contribution in [0.1, 0.15) is 51.9 Å². The van der Waals surface area contributed by atoms with Crippen molar-refractivity contribution in [1.82, 2.24) is 4.90 Å². The number of carbonyl (C=O) groups is 1. The van der Waals surface area contributed by atoms with Crippen LogP contribution in [-0.2, 0) is 4.79 Å². The maximum absolute atomic E-state index is 11.8. The highest BCUT2D eigenvalue weighted by Gasteiger charge is 2.23. The van der Waals surface area contributed by atoms with Crippen molar-refractivity contribution in [2.75, 3.05) is 13.1 Å². The van der Waals surface area contributed by atoms with Crippen molar-refractivity contribution in [2.24, 2.45) is 0 Å². The molecule has 1 heterocycles. The molecule has 1 amide bonds. The number of amides is 1. The van der Waals surface area contributed by atoms with Crippen molar-refractivity contribution < 1.29 is 4.79 Å². The zero-order valence-corrected chi connectivity index (χ0v) is 10.4. The summed E-state index contributed by atoms with van der Waals surface area (Å²) in [6, 6.07) is 0. The first-order chi connectivity index (χ1) is 7.25. The standard InChI is InChI=1S/C12H22ClNO/c1-2-3-4-5-8-11(13)12(15)14-9-6-7-10-14/h11H,2-10H2,1H3. The van der Waals surface area contributed by atoms with E-state index in [0.717, 1.165) is 38.8 Å². The molecule has 0 saturated carbocycles. The molecule has 15 heavy (non-hydrogen) atoms. The third kappa shape index (κ3) is 4.42. The second-order valence-electron chi connectivity index (χ2n) is 4.35. The van der Waals surface area contributed by atoms with Crippen molar-refractivity contribution in [3.05, 3.63) is 0 Å². The summed E-state index contributed by atoms with van der Waals surface area (Å²) in [6.07, 6.45) is 7.90. The molecule has 1 rings (SSSR count). The van der Waals surface area contributed by atoms with Gasteiger partial charge in [0.25, 0.3) is 0 Å². The number of hydrogen-bond acceptors (Lipinski definition) is 1. The minimum absolute atomic E-state index is 0.158. The monoisotopic (exact) mass is 231 g/mol. The molecular weight excluding hydrogens is 210 g/mol. The first-order valence-electron chi connectivity index (χ1n) is 6.18. The fourth-order valence-corrected chi connectivity index (χ4v) is 2.30. The van der Waals surface area contributed by atoms with Crippen molar-refractivity contribution in [1.29, 1.82) is 0 Å². The van der Waals surface area contributed by atoms with Crippen LogP contribution in [0.15, 0.2) is 0 Å². The van der Waals surface area contributed by atoms with Gasteiger partial charge in [-0.15, -0.1) is 11.6 Å². The Hall–Kier alpha value is -0.240. The van der Waals surface area contributed by atoms with Crippen LogP contribution in [0.3, 0.4) is 0 Å². The van der Waals surface area contributed by atoms with Gasteiger partial charge in [0.05, 0.1) is 0 Å². The number of carbonyl (C=O) groups excluding carboxylic acids is 1. The smallest absolute Gasteiger partial charge is 0.240 e. The Bertz CT molecular complexity index is 190. The molecule has 1 aliphatic heterocycles. The van der Waals surface area contributed by atoms with Crippen LogP contribution < -0.4 is 0 Å². The highest BCUT2D eigenvalue weighted by molar-refractivity contribution is 6.30. The van der Waals surface area contributed by atoms with Crippen LogP contribution in [0.4, 0.5) is 0 Å². The van der Waals surface area contributed by atoms with Gasteiger partial charge in [-0.1, -0.05) is 32.6 Å². The first kappa shape index (κ1) is 12.8. The summed E-state index contributed by atoms with van der Waals surface area (Å²) in [5.41, 5.74) is 0. The minimum Gasteiger partial charge on any atom is -0.341 e. The van der Waals surface area contributed by atoms with E-state index in [2.05, 4.69) is 6.92 Å². The van der Waals surface area contributed by atoms with Gasteiger partial charge in [-0.25, -0.2) is 0 Å². The zero-order chi connectivity index (χ0) is 11.1. The van der Waals surface area contributed by atoms with Crippen LogP contribution >= 0.6 is 11.6 Å². The number of hydrogen-bond donors (Lipinski definition) is 0. The summed E-state index contributed by atoms with van der Waals surface area (Å²) in [5.74, 6) is 0.158. The molecule has 1 fully saturated rings. The second kappa shape index (κ2) is 7.10. The van der Waals surface area contributed by atoms with E-state index in [1.807, 2.05) is 4.90 Å². The van der Waals surface area contributed by atoms with Gasteiger partial charge in [-0.05, 0) is 19.3 Å². The maximum Gasteiger partial charge on any atom is 0.240 e. The summed E-state index contributed by atoms with van der Waals surface area (Å²) in [4.78, 5) is 13.7. The highest BCUT2D eigenvalue weighted by atomic mass is 35.5. The van der Waals surface area contributed by atoms with E-state index < -0.39 is 0 Å². The maximum atomic E-state index is 11.8. The van der Waals surface area contributed by atoms with E-state index in [1.165, 1.54) is 19.3 Å². The normalized spacial score (nSPS) is 18.1. The molecule has 0 N–H and O–H groups in total. The number of alkyl halides is 1. The molecule has 3 heteroatoms. The molecule has 0 radical (unpaired) electrons. The van der Waals surface area contributed by atoms with Gasteiger partial charge in [0, 0.05) is 13.1 Å². The van der Waals surface area contributed by atoms with Crippen LogP contribution in [0, 0.1) is 0 Å². The SMILES string of the molecule is CCCCCCC(Cl)C(=O)N1CCCC1. The largest absolute Gasteiger partial charge is 0.341 e. The lowest BCUT2D eigenvalue weighted by atomic mass is 10.1. The second-order valence-corrected chi connectivity index (χ2v) is 4.88. The van der Waals surface area contributed by atoms with E-state index in [1.54, 1.807) is 0 Å². The molecule has 0 aromatic carbocycles. The van der Waals surface area contributed by atoms with Gasteiger partial charge in [0.1, 0.15) is 5.38 Å². The molecule has 1 aliphatic rings. The van der Waals surface area contributed by atoms with Gasteiger partial charge in [-0.3, -0.25) is 4.79 Å². The predicted octanol–water partition coefficient (Wildman–Crippen LogP) is 3.19. The Balaban J connectivity index is 2.14. The van der Waals surface area contributed by atoms with Crippen molar-refractivity contribution in [3.8, 4) is 0 Å². The van der Waals surface area contributed by atoms with Crippen molar-refractivity contribution in [2.45, 2.75) is 57.2 Å². The van der Waals surface area contributed by atoms with Gasteiger partial charge < -0.3 is 4.90 Å². The summed E-state index contributed by atoms with van der Waals surface area (Å²) in [6.45, 7) is 4.02. The Morgan fingerprint density at radius 2 is 1.93 bits per heavy atom. The van der Waals surface area contributed by atoms with E-state index in [0.29, 0.717) is 0 Å². The summed E-state index contributed by atoms with van der Waals surface area (Å²) >= 11 is 6.10. The quantitative estimate of drug-likeness (QED) is 0.508. The van der Waals surface area contributed by atoms with Crippen molar-refractivity contribution >= 4 is 17.5 Å². The van der Waals surface area contributed by atoms with Crippen LogP contribution in [0.2, 0.25) is 0 Å². The summed E-state index contributed by atoms with van der Waals surface area (Å²) in [5, 5.41) is -0.278. The van der Waals surface area contributed by atoms with Gasteiger partial charge in [0.15, 0.2) is 0 Å². The first-order valence-corrected chi connectivity index (χ1v) is 6.62. The molecule has 2 nitrogen and oxygen atoms in total. The Kier molecular flexibility index (Phi) is 6.07. The number of rotatable bonds is 6. The third-order valence-corrected chi connectivity index (χ3v) is 3.40. The number of nitrogens with zero attached hydrogens (tertiary/aromatic N) is 1. The fourth-order valence-electron chi connectivity index (χ4n) is 2.01. The average molecular weight is 232 g/mol. The Morgan fingerprint density at radius 3 is 2.53 bits per heavy atom. The van der Waals surface area contributed by atoms with Gasteiger partial charge >= 0.3 is 0 Å². The molecule has 88 valence electrons. The van der Waals surface area contributed by atoms with Gasteiger partial charge in [-0.2, -0.15) is 0 Å². The summed E-state index contributed by atoms with van der Waals surface area (Å²) in [7, 11) is 0. The minimum atomic E-state index is -0.278. The van der Waals surface area contributed by atoms with Crippen LogP contribution in [0.25, 0.3) is 0 Å². The lowest BCUT2D eigenvalue weighted by Gasteiger charge is -2.18. The molecule has 0 aromatic rings. The molecule has 1 atom stereocenters. The Labute approximate surface area is 98.0 Å². The van der Waals surface area contributed by atoms with Crippen molar-refractivity contribution in [3.63, 3.8) is 0 Å². The zero-order valence-electron chi connectivity index (χ0n) is 9.67. The lowest BCUT2D eigenvalue weighted by molar-refractivity contribution is -0.129. The fraction of sp³-hybridized carbons (Fsp3) is 0.917. The topological polar surface area (TPSA) is 20.3 Å². The number of likely N-dealkylation sites (tertiary alicyclic amines) is 1. The third-order valence-electron chi connectivity index (χ3n) is 3.00. The molecule has 0 aromatic heterocycles. The predicted molar refractivity (Wildman–Crippen MR) is 64.2 cm³/mol. The molecular formula is C12H22ClNO. The average Bonchev–Trinajstić information content (AvgIpc) is 2.76.